The van der Waals surface area contributed by atoms with Crippen LogP contribution in [0.1, 0.15) is 23.5 Å². The van der Waals surface area contributed by atoms with E-state index in [-0.39, 0.29) is 24.3 Å². The third kappa shape index (κ3) is 4.11. The van der Waals surface area contributed by atoms with E-state index in [1.165, 1.54) is 0 Å². The number of carbonyl (C=O) groups excluding carboxylic acids is 2. The first-order valence-corrected chi connectivity index (χ1v) is 10.8. The van der Waals surface area contributed by atoms with Crippen molar-refractivity contribution >= 4 is 23.2 Å². The maximum atomic E-state index is 13.2. The minimum atomic E-state index is -0.436. The maximum Gasteiger partial charge on any atom is 0.262 e. The van der Waals surface area contributed by atoms with Gasteiger partial charge < -0.3 is 20.1 Å². The Bertz CT molecular complexity index is 1230. The number of ether oxygens (including phenoxy) is 2. The normalized spacial score (nSPS) is 20.8. The number of aryl methyl sites for hydroxylation is 2. The van der Waals surface area contributed by atoms with E-state index in [9.17, 15) is 9.59 Å². The van der Waals surface area contributed by atoms with Crippen LogP contribution >= 0.6 is 0 Å². The summed E-state index contributed by atoms with van der Waals surface area (Å²) >= 11 is 0. The van der Waals surface area contributed by atoms with Crippen molar-refractivity contribution in [2.75, 3.05) is 23.8 Å². The van der Waals surface area contributed by atoms with Crippen LogP contribution in [0.3, 0.4) is 0 Å². The lowest BCUT2D eigenvalue weighted by atomic mass is 9.93. The van der Waals surface area contributed by atoms with Crippen molar-refractivity contribution in [3.05, 3.63) is 71.8 Å². The molecule has 1 aliphatic heterocycles. The lowest BCUT2D eigenvalue weighted by molar-refractivity contribution is -0.119. The fourth-order valence-corrected chi connectivity index (χ4v) is 4.29. The number of hydrogen-bond acceptors (Lipinski definition) is 6. The Morgan fingerprint density at radius 3 is 2.85 bits per heavy atom. The number of nitrogens with zero attached hydrogens (tertiary/aromatic N) is 2. The first kappa shape index (κ1) is 20.9. The molecule has 1 fully saturated rings. The van der Waals surface area contributed by atoms with Crippen LogP contribution in [0.25, 0.3) is 0 Å². The Labute approximate surface area is 191 Å². The summed E-state index contributed by atoms with van der Waals surface area (Å²) < 4.78 is 11.5. The van der Waals surface area contributed by atoms with Crippen molar-refractivity contribution in [1.82, 2.24) is 9.97 Å². The molecule has 2 aromatic carbocycles. The Hall–Kier alpha value is -3.94. The van der Waals surface area contributed by atoms with Crippen LogP contribution in [0.4, 0.5) is 11.4 Å². The molecule has 8 heteroatoms. The molecule has 0 radical (unpaired) electrons. The van der Waals surface area contributed by atoms with E-state index in [1.807, 2.05) is 44.2 Å². The number of carbonyl (C=O) groups is 2. The zero-order valence-corrected chi connectivity index (χ0v) is 18.4. The number of anilines is 2. The second kappa shape index (κ2) is 8.20. The Kier molecular flexibility index (Phi) is 5.20. The van der Waals surface area contributed by atoms with Crippen LogP contribution in [-0.4, -0.2) is 35.0 Å². The fraction of sp³-hybridized carbons (Fsp3) is 0.280. The van der Waals surface area contributed by atoms with Crippen LogP contribution in [0.15, 0.2) is 54.7 Å². The van der Waals surface area contributed by atoms with E-state index >= 15 is 0 Å². The van der Waals surface area contributed by atoms with E-state index in [0.717, 1.165) is 11.3 Å². The van der Waals surface area contributed by atoms with Crippen molar-refractivity contribution in [1.29, 1.82) is 0 Å². The maximum absolute atomic E-state index is 13.2. The molecule has 1 aliphatic carbocycles. The summed E-state index contributed by atoms with van der Waals surface area (Å²) in [4.78, 5) is 33.4. The standard InChI is InChI=1S/C25H24N4O4/c1-15-22(12-26-16(2)27-15)33-14-25(17-6-4-3-5-7-17)11-19(25)24(31)28-18-8-9-21-20(10-18)29-23(30)13-32-21/h3-10,12,19H,11,13-14H2,1-2H3,(H,28,31)(H,29,30)/t19-,25+/m0/s1. The molecule has 2 atom stereocenters. The largest absolute Gasteiger partial charge is 0.489 e. The third-order valence-corrected chi connectivity index (χ3v) is 6.16. The molecule has 168 valence electrons. The average Bonchev–Trinajstić information content (AvgIpc) is 3.55. The van der Waals surface area contributed by atoms with Crippen LogP contribution < -0.4 is 20.1 Å². The minimum Gasteiger partial charge on any atom is -0.489 e. The minimum absolute atomic E-state index is 0.00806. The monoisotopic (exact) mass is 444 g/mol. The molecule has 2 heterocycles. The van der Waals surface area contributed by atoms with Gasteiger partial charge in [-0.3, -0.25) is 9.59 Å². The molecule has 5 rings (SSSR count). The zero-order valence-electron chi connectivity index (χ0n) is 18.4. The van der Waals surface area contributed by atoms with E-state index in [4.69, 9.17) is 9.47 Å². The highest BCUT2D eigenvalue weighted by Gasteiger charge is 2.60. The zero-order chi connectivity index (χ0) is 23.0. The number of aromatic nitrogens is 2. The van der Waals surface area contributed by atoms with Crippen molar-refractivity contribution in [2.45, 2.75) is 25.7 Å². The summed E-state index contributed by atoms with van der Waals surface area (Å²) in [5.74, 6) is 1.32. The third-order valence-electron chi connectivity index (χ3n) is 6.16. The van der Waals surface area contributed by atoms with Gasteiger partial charge in [-0.1, -0.05) is 30.3 Å². The van der Waals surface area contributed by atoms with Gasteiger partial charge in [0.15, 0.2) is 12.4 Å². The van der Waals surface area contributed by atoms with Gasteiger partial charge in [-0.05, 0) is 44.0 Å². The fourth-order valence-electron chi connectivity index (χ4n) is 4.29. The number of amides is 2. The van der Waals surface area contributed by atoms with E-state index < -0.39 is 5.41 Å². The molecule has 8 nitrogen and oxygen atoms in total. The molecular formula is C25H24N4O4. The SMILES string of the molecule is Cc1ncc(OC[C@@]2(c3ccccc3)C[C@H]2C(=O)Nc2ccc3c(c2)NC(=O)CO3)c(C)n1. The molecule has 33 heavy (non-hydrogen) atoms. The second-order valence-corrected chi connectivity index (χ2v) is 8.47. The Balaban J connectivity index is 1.34. The topological polar surface area (TPSA) is 102 Å². The van der Waals surface area contributed by atoms with Crippen LogP contribution in [0.2, 0.25) is 0 Å². The molecule has 1 saturated carbocycles. The van der Waals surface area contributed by atoms with E-state index in [1.54, 1.807) is 24.4 Å². The van der Waals surface area contributed by atoms with Gasteiger partial charge in [0.1, 0.15) is 11.6 Å². The van der Waals surface area contributed by atoms with Gasteiger partial charge in [-0.25, -0.2) is 9.97 Å². The molecule has 0 saturated heterocycles. The van der Waals surface area contributed by atoms with Gasteiger partial charge in [-0.15, -0.1) is 0 Å². The van der Waals surface area contributed by atoms with E-state index in [2.05, 4.69) is 20.6 Å². The molecule has 2 aliphatic rings. The van der Waals surface area contributed by atoms with Gasteiger partial charge in [0.25, 0.3) is 5.91 Å². The first-order valence-electron chi connectivity index (χ1n) is 10.8. The highest BCUT2D eigenvalue weighted by molar-refractivity contribution is 5.99. The molecule has 2 N–H and O–H groups in total. The summed E-state index contributed by atoms with van der Waals surface area (Å²) in [5.41, 5.74) is 2.54. The van der Waals surface area contributed by atoms with Crippen molar-refractivity contribution in [2.24, 2.45) is 5.92 Å². The van der Waals surface area contributed by atoms with Crippen LogP contribution in [0, 0.1) is 19.8 Å². The molecule has 0 unspecified atom stereocenters. The number of rotatable bonds is 6. The highest BCUT2D eigenvalue weighted by Crippen LogP contribution is 2.55. The Morgan fingerprint density at radius 2 is 2.06 bits per heavy atom. The van der Waals surface area contributed by atoms with Crippen LogP contribution in [0.5, 0.6) is 11.5 Å². The predicted octanol–water partition coefficient (Wildman–Crippen LogP) is 3.40. The number of benzene rings is 2. The van der Waals surface area contributed by atoms with Crippen LogP contribution in [-0.2, 0) is 15.0 Å². The molecule has 2 amide bonds. The highest BCUT2D eigenvalue weighted by atomic mass is 16.5. The predicted molar refractivity (Wildman–Crippen MR) is 122 cm³/mol. The number of hydrogen-bond donors (Lipinski definition) is 2. The molecular weight excluding hydrogens is 420 g/mol. The van der Waals surface area contributed by atoms with Crippen molar-refractivity contribution in [3.8, 4) is 11.5 Å². The second-order valence-electron chi connectivity index (χ2n) is 8.47. The quantitative estimate of drug-likeness (QED) is 0.604. The summed E-state index contributed by atoms with van der Waals surface area (Å²) in [7, 11) is 0. The molecule has 0 bridgehead atoms. The van der Waals surface area contributed by atoms with Crippen molar-refractivity contribution < 1.29 is 19.1 Å². The van der Waals surface area contributed by atoms with Gasteiger partial charge in [0.05, 0.1) is 30.1 Å². The van der Waals surface area contributed by atoms with Gasteiger partial charge in [0.2, 0.25) is 5.91 Å². The molecule has 0 spiro atoms. The van der Waals surface area contributed by atoms with Crippen molar-refractivity contribution in [3.63, 3.8) is 0 Å². The Morgan fingerprint density at radius 1 is 1.24 bits per heavy atom. The number of fused-ring (bicyclic) bond motifs is 1. The summed E-state index contributed by atoms with van der Waals surface area (Å²) in [6, 6.07) is 15.2. The average molecular weight is 444 g/mol. The van der Waals surface area contributed by atoms with Gasteiger partial charge in [-0.2, -0.15) is 0 Å². The molecule has 3 aromatic rings. The molecule has 1 aromatic heterocycles. The van der Waals surface area contributed by atoms with E-state index in [0.29, 0.717) is 41.7 Å². The smallest absolute Gasteiger partial charge is 0.262 e. The summed E-state index contributed by atoms with van der Waals surface area (Å²) in [6.07, 6.45) is 2.34. The number of nitrogens with one attached hydrogen (secondary N) is 2. The summed E-state index contributed by atoms with van der Waals surface area (Å²) in [5, 5.41) is 5.75. The lowest BCUT2D eigenvalue weighted by Gasteiger charge is -2.20. The summed E-state index contributed by atoms with van der Waals surface area (Å²) in [6.45, 7) is 4.05. The first-order chi connectivity index (χ1) is 15.9. The lowest BCUT2D eigenvalue weighted by Crippen LogP contribution is -2.27. The van der Waals surface area contributed by atoms with Gasteiger partial charge >= 0.3 is 0 Å². The van der Waals surface area contributed by atoms with Gasteiger partial charge in [0, 0.05) is 11.1 Å².